The molecule has 2 rings (SSSR count). The number of amides is 1. The van der Waals surface area contributed by atoms with Gasteiger partial charge in [0.1, 0.15) is 17.5 Å². The smallest absolute Gasteiger partial charge is 0.239 e. The first kappa shape index (κ1) is 17.0. The molecule has 122 valence electrons. The molecular formula is C18H22N2O3. The SMILES string of the molecule is COCC(N)C(=O)NCc1ccc(C)cc1Oc1ccccc1. The van der Waals surface area contributed by atoms with Gasteiger partial charge in [0.25, 0.3) is 0 Å². The summed E-state index contributed by atoms with van der Waals surface area (Å²) in [6.45, 7) is 2.53. The highest BCUT2D eigenvalue weighted by molar-refractivity contribution is 5.81. The minimum Gasteiger partial charge on any atom is -0.457 e. The van der Waals surface area contributed by atoms with Gasteiger partial charge >= 0.3 is 0 Å². The molecule has 2 aromatic rings. The summed E-state index contributed by atoms with van der Waals surface area (Å²) < 4.78 is 10.8. The Morgan fingerprint density at radius 3 is 2.65 bits per heavy atom. The summed E-state index contributed by atoms with van der Waals surface area (Å²) in [7, 11) is 1.51. The van der Waals surface area contributed by atoms with E-state index in [2.05, 4.69) is 5.32 Å². The van der Waals surface area contributed by atoms with E-state index in [0.29, 0.717) is 6.54 Å². The second-order valence-electron chi connectivity index (χ2n) is 5.31. The summed E-state index contributed by atoms with van der Waals surface area (Å²) in [6, 6.07) is 14.7. The molecule has 1 amide bonds. The molecule has 1 atom stereocenters. The molecule has 2 aromatic carbocycles. The van der Waals surface area contributed by atoms with Gasteiger partial charge in [-0.3, -0.25) is 4.79 Å². The van der Waals surface area contributed by atoms with Crippen LogP contribution in [0, 0.1) is 6.92 Å². The number of rotatable bonds is 7. The Morgan fingerprint density at radius 2 is 1.96 bits per heavy atom. The van der Waals surface area contributed by atoms with Crippen LogP contribution in [0.1, 0.15) is 11.1 Å². The van der Waals surface area contributed by atoms with Gasteiger partial charge in [0, 0.05) is 19.2 Å². The number of nitrogens with one attached hydrogen (secondary N) is 1. The van der Waals surface area contributed by atoms with Gasteiger partial charge in [0.15, 0.2) is 0 Å². The molecule has 5 heteroatoms. The lowest BCUT2D eigenvalue weighted by molar-refractivity contribution is -0.123. The van der Waals surface area contributed by atoms with Gasteiger partial charge in [-0.15, -0.1) is 0 Å². The number of carbonyl (C=O) groups excluding carboxylic acids is 1. The van der Waals surface area contributed by atoms with Crippen molar-refractivity contribution in [2.45, 2.75) is 19.5 Å². The fourth-order valence-electron chi connectivity index (χ4n) is 2.09. The van der Waals surface area contributed by atoms with Gasteiger partial charge in [-0.1, -0.05) is 30.3 Å². The van der Waals surface area contributed by atoms with Crippen LogP contribution in [0.15, 0.2) is 48.5 Å². The number of hydrogen-bond acceptors (Lipinski definition) is 4. The van der Waals surface area contributed by atoms with E-state index in [0.717, 1.165) is 22.6 Å². The summed E-state index contributed by atoms with van der Waals surface area (Å²) >= 11 is 0. The van der Waals surface area contributed by atoms with Gasteiger partial charge in [-0.2, -0.15) is 0 Å². The Labute approximate surface area is 136 Å². The third-order valence-electron chi connectivity index (χ3n) is 3.33. The van der Waals surface area contributed by atoms with Crippen LogP contribution < -0.4 is 15.8 Å². The predicted octanol–water partition coefficient (Wildman–Crippen LogP) is 2.38. The van der Waals surface area contributed by atoms with Gasteiger partial charge in [0.2, 0.25) is 5.91 Å². The third-order valence-corrected chi connectivity index (χ3v) is 3.33. The van der Waals surface area contributed by atoms with E-state index in [1.807, 2.05) is 55.5 Å². The molecule has 0 saturated heterocycles. The molecule has 0 heterocycles. The minimum atomic E-state index is -0.677. The second kappa shape index (κ2) is 8.31. The molecule has 1 unspecified atom stereocenters. The maximum atomic E-state index is 11.9. The van der Waals surface area contributed by atoms with E-state index in [4.69, 9.17) is 15.2 Å². The van der Waals surface area contributed by atoms with E-state index in [9.17, 15) is 4.79 Å². The van der Waals surface area contributed by atoms with Crippen LogP contribution in [0.3, 0.4) is 0 Å². The monoisotopic (exact) mass is 314 g/mol. The molecule has 0 aliphatic heterocycles. The topological polar surface area (TPSA) is 73.6 Å². The fourth-order valence-corrected chi connectivity index (χ4v) is 2.09. The van der Waals surface area contributed by atoms with Gasteiger partial charge in [0.05, 0.1) is 6.61 Å². The lowest BCUT2D eigenvalue weighted by Crippen LogP contribution is -2.43. The first-order chi connectivity index (χ1) is 11.1. The van der Waals surface area contributed by atoms with Crippen LogP contribution in [0.25, 0.3) is 0 Å². The molecule has 0 aromatic heterocycles. The molecule has 0 radical (unpaired) electrons. The van der Waals surface area contributed by atoms with Crippen molar-refractivity contribution in [3.63, 3.8) is 0 Å². The van der Waals surface area contributed by atoms with Gasteiger partial charge in [-0.25, -0.2) is 0 Å². The predicted molar refractivity (Wildman–Crippen MR) is 89.4 cm³/mol. The summed E-state index contributed by atoms with van der Waals surface area (Å²) in [6.07, 6.45) is 0. The number of hydrogen-bond donors (Lipinski definition) is 2. The van der Waals surface area contributed by atoms with Crippen LogP contribution in [0.4, 0.5) is 0 Å². The van der Waals surface area contributed by atoms with Crippen molar-refractivity contribution in [1.29, 1.82) is 0 Å². The summed E-state index contributed by atoms with van der Waals surface area (Å²) in [5.74, 6) is 1.22. The Kier molecular flexibility index (Phi) is 6.14. The highest BCUT2D eigenvalue weighted by Gasteiger charge is 2.14. The Hall–Kier alpha value is -2.37. The normalized spacial score (nSPS) is 11.8. The van der Waals surface area contributed by atoms with Crippen LogP contribution in [-0.2, 0) is 16.1 Å². The third kappa shape index (κ3) is 5.09. The minimum absolute atomic E-state index is 0.188. The molecule has 23 heavy (non-hydrogen) atoms. The van der Waals surface area contributed by atoms with Gasteiger partial charge in [-0.05, 0) is 30.7 Å². The quantitative estimate of drug-likeness (QED) is 0.823. The molecule has 0 spiro atoms. The van der Waals surface area contributed by atoms with E-state index in [1.54, 1.807) is 0 Å². The lowest BCUT2D eigenvalue weighted by atomic mass is 10.1. The Morgan fingerprint density at radius 1 is 1.22 bits per heavy atom. The van der Waals surface area contributed by atoms with E-state index < -0.39 is 6.04 Å². The molecule has 0 aliphatic rings. The molecular weight excluding hydrogens is 292 g/mol. The number of nitrogens with two attached hydrogens (primary N) is 1. The lowest BCUT2D eigenvalue weighted by Gasteiger charge is -2.15. The Balaban J connectivity index is 2.08. The van der Waals surface area contributed by atoms with Crippen LogP contribution in [0.5, 0.6) is 11.5 Å². The largest absolute Gasteiger partial charge is 0.457 e. The molecule has 0 saturated carbocycles. The number of carbonyl (C=O) groups is 1. The van der Waals surface area contributed by atoms with Crippen molar-refractivity contribution in [3.8, 4) is 11.5 Å². The number of benzene rings is 2. The Bertz CT molecular complexity index is 644. The van der Waals surface area contributed by atoms with Crippen molar-refractivity contribution in [1.82, 2.24) is 5.32 Å². The van der Waals surface area contributed by atoms with Crippen molar-refractivity contribution in [3.05, 3.63) is 59.7 Å². The molecule has 0 bridgehead atoms. The van der Waals surface area contributed by atoms with Crippen LogP contribution in [-0.4, -0.2) is 25.7 Å². The number of methoxy groups -OCH3 is 1. The van der Waals surface area contributed by atoms with E-state index in [-0.39, 0.29) is 12.5 Å². The van der Waals surface area contributed by atoms with Crippen LogP contribution in [0.2, 0.25) is 0 Å². The standard InChI is InChI=1S/C18H22N2O3/c1-13-8-9-14(11-20-18(21)16(19)12-22-2)17(10-13)23-15-6-4-3-5-7-15/h3-10,16H,11-12,19H2,1-2H3,(H,20,21). The number of ether oxygens (including phenoxy) is 2. The fraction of sp³-hybridized carbons (Fsp3) is 0.278. The zero-order valence-electron chi connectivity index (χ0n) is 13.4. The number of para-hydroxylation sites is 1. The maximum Gasteiger partial charge on any atom is 0.239 e. The maximum absolute atomic E-state index is 11.9. The molecule has 0 fully saturated rings. The average Bonchev–Trinajstić information content (AvgIpc) is 2.55. The highest BCUT2D eigenvalue weighted by Crippen LogP contribution is 2.26. The first-order valence-electron chi connectivity index (χ1n) is 7.45. The second-order valence-corrected chi connectivity index (χ2v) is 5.31. The van der Waals surface area contributed by atoms with Crippen molar-refractivity contribution in [2.24, 2.45) is 5.73 Å². The molecule has 0 aliphatic carbocycles. The van der Waals surface area contributed by atoms with Gasteiger partial charge < -0.3 is 20.5 Å². The summed E-state index contributed by atoms with van der Waals surface area (Å²) in [5, 5.41) is 2.81. The van der Waals surface area contributed by atoms with Crippen molar-refractivity contribution in [2.75, 3.05) is 13.7 Å². The molecule has 5 nitrogen and oxygen atoms in total. The van der Waals surface area contributed by atoms with Crippen molar-refractivity contribution >= 4 is 5.91 Å². The van der Waals surface area contributed by atoms with Crippen LogP contribution >= 0.6 is 0 Å². The average molecular weight is 314 g/mol. The zero-order valence-corrected chi connectivity index (χ0v) is 13.4. The first-order valence-corrected chi connectivity index (χ1v) is 7.45. The van der Waals surface area contributed by atoms with E-state index in [1.165, 1.54) is 7.11 Å². The molecule has 3 N–H and O–H groups in total. The van der Waals surface area contributed by atoms with E-state index >= 15 is 0 Å². The summed E-state index contributed by atoms with van der Waals surface area (Å²) in [5.41, 5.74) is 7.68. The number of aryl methyl sites for hydroxylation is 1. The zero-order chi connectivity index (χ0) is 16.7. The summed E-state index contributed by atoms with van der Waals surface area (Å²) in [4.78, 5) is 11.9. The highest BCUT2D eigenvalue weighted by atomic mass is 16.5. The van der Waals surface area contributed by atoms with Crippen molar-refractivity contribution < 1.29 is 14.3 Å².